The quantitative estimate of drug-likeness (QED) is 0.0792. The Labute approximate surface area is 411 Å². The SMILES string of the molecule is OC[C@H]1O[C@@H](Oc2ccc(-c3c4nc(c(-c5ccccc5)c5ccc([nH]5)c(-c5ccccc5)c5ccc([nH]5)c(-c5ccc(O[C@@H]6O[C@H](CO)[C@H](O)[C@H](O)[C@H]6O)cc5)c5nc3C=C5)C=C4)cc2)[C@H](O)[C@@H](O)[C@H]1O. The number of ether oxygens (including phenoxy) is 4. The van der Waals surface area contributed by atoms with E-state index >= 15 is 0 Å². The number of nitrogens with one attached hydrogen (secondary N) is 2. The molecule has 7 heterocycles. The third-order valence-corrected chi connectivity index (χ3v) is 13.4. The predicted octanol–water partition coefficient (Wildman–Crippen LogP) is 5.68. The van der Waals surface area contributed by atoms with Crippen LogP contribution in [0.15, 0.2) is 133 Å². The third-order valence-electron chi connectivity index (χ3n) is 13.4. The van der Waals surface area contributed by atoms with Crippen molar-refractivity contribution in [2.24, 2.45) is 0 Å². The fraction of sp³-hybridized carbons (Fsp3) is 0.214. The number of aromatic amines is 2. The maximum atomic E-state index is 10.7. The fourth-order valence-corrected chi connectivity index (χ4v) is 9.63. The molecule has 0 amide bonds. The number of H-pyrrole nitrogens is 2. The van der Waals surface area contributed by atoms with Gasteiger partial charge in [0.1, 0.15) is 60.3 Å². The molecule has 3 aromatic heterocycles. The highest BCUT2D eigenvalue weighted by Gasteiger charge is 2.46. The van der Waals surface area contributed by atoms with Crippen molar-refractivity contribution in [3.63, 3.8) is 0 Å². The lowest BCUT2D eigenvalue weighted by atomic mass is 9.99. The van der Waals surface area contributed by atoms with Gasteiger partial charge in [-0.25, -0.2) is 9.97 Å². The van der Waals surface area contributed by atoms with Crippen LogP contribution in [0.2, 0.25) is 0 Å². The van der Waals surface area contributed by atoms with E-state index in [1.54, 1.807) is 24.3 Å². The van der Waals surface area contributed by atoms with Gasteiger partial charge in [-0.3, -0.25) is 0 Å². The molecule has 10 atom stereocenters. The highest BCUT2D eigenvalue weighted by Crippen LogP contribution is 2.40. The molecule has 7 aromatic rings. The van der Waals surface area contributed by atoms with Crippen molar-refractivity contribution in [2.75, 3.05) is 13.2 Å². The lowest BCUT2D eigenvalue weighted by molar-refractivity contribution is -0.277. The number of benzene rings is 4. The first kappa shape index (κ1) is 47.0. The Morgan fingerprint density at radius 3 is 1.10 bits per heavy atom. The Bertz CT molecular complexity index is 3320. The van der Waals surface area contributed by atoms with Crippen LogP contribution in [0, 0.1) is 0 Å². The van der Waals surface area contributed by atoms with Crippen LogP contribution >= 0.6 is 0 Å². The summed E-state index contributed by atoms with van der Waals surface area (Å²) in [5.41, 5.74) is 12.4. The molecule has 0 radical (unpaired) electrons. The third kappa shape index (κ3) is 8.79. The lowest BCUT2D eigenvalue weighted by Crippen LogP contribution is -2.60. The Balaban J connectivity index is 1.10. The molecule has 2 fully saturated rings. The Hall–Kier alpha value is -7.32. The van der Waals surface area contributed by atoms with Crippen molar-refractivity contribution in [3.8, 4) is 56.0 Å². The topological polar surface area (TPSA) is 256 Å². The van der Waals surface area contributed by atoms with Gasteiger partial charge in [0, 0.05) is 44.3 Å². The molecule has 4 aliphatic heterocycles. The molecule has 4 aliphatic rings. The van der Waals surface area contributed by atoms with Gasteiger partial charge in [-0.2, -0.15) is 0 Å². The second kappa shape index (κ2) is 19.7. The van der Waals surface area contributed by atoms with E-state index in [1.165, 1.54) is 0 Å². The summed E-state index contributed by atoms with van der Waals surface area (Å²) in [5, 5.41) is 82.4. The van der Waals surface area contributed by atoms with Gasteiger partial charge in [0.2, 0.25) is 12.6 Å². The molecule has 72 heavy (non-hydrogen) atoms. The summed E-state index contributed by atoms with van der Waals surface area (Å²) in [4.78, 5) is 18.2. The zero-order valence-corrected chi connectivity index (χ0v) is 38.3. The molecular formula is C56H50N4O12. The number of rotatable bonds is 10. The number of aliphatic hydroxyl groups excluding tert-OH is 8. The number of hydrogen-bond donors (Lipinski definition) is 10. The first-order chi connectivity index (χ1) is 35.1. The minimum Gasteiger partial charge on any atom is -0.462 e. The van der Waals surface area contributed by atoms with Crippen LogP contribution in [0.25, 0.3) is 90.9 Å². The van der Waals surface area contributed by atoms with Crippen molar-refractivity contribution in [3.05, 3.63) is 156 Å². The molecule has 11 rings (SSSR count). The van der Waals surface area contributed by atoms with E-state index in [4.69, 9.17) is 28.9 Å². The Kier molecular flexibility index (Phi) is 12.9. The van der Waals surface area contributed by atoms with Crippen molar-refractivity contribution < 1.29 is 59.8 Å². The van der Waals surface area contributed by atoms with Gasteiger partial charge in [0.15, 0.2) is 0 Å². The molecule has 2 saturated heterocycles. The standard InChI is InChI=1S/C56H50N4O12/c61-27-43-49(63)51(65)53(67)55(71-43)69-33-15-11-31(12-16-33)47-39-23-21-37(58-39)45(29-7-3-1-4-8-29)35-19-20-36(57-35)46(30-9-5-2-6-10-30)38-22-24-40(59-38)48(42-26-25-41(47)60-42)32-13-17-34(18-14-32)70-56-54(68)52(66)50(64)44(28-62)72-56/h1-26,43-44,49-58,61-68H,27-28H2/t43-,44-,49+,50+,51+,52+,53-,54-,55-,56-/m1/s1. The number of aromatic nitrogens is 4. The van der Waals surface area contributed by atoms with Crippen LogP contribution in [0.5, 0.6) is 11.5 Å². The number of nitrogens with zero attached hydrogens (tertiary/aromatic N) is 2. The van der Waals surface area contributed by atoms with Gasteiger partial charge in [0.25, 0.3) is 0 Å². The largest absolute Gasteiger partial charge is 0.462 e. The van der Waals surface area contributed by atoms with Gasteiger partial charge >= 0.3 is 0 Å². The van der Waals surface area contributed by atoms with Crippen LogP contribution in [-0.4, -0.2) is 135 Å². The predicted molar refractivity (Wildman–Crippen MR) is 269 cm³/mol. The first-order valence-electron chi connectivity index (χ1n) is 23.5. The summed E-state index contributed by atoms with van der Waals surface area (Å²) in [6, 6.07) is 42.4. The summed E-state index contributed by atoms with van der Waals surface area (Å²) < 4.78 is 23.2. The Morgan fingerprint density at radius 1 is 0.375 bits per heavy atom. The van der Waals surface area contributed by atoms with Crippen LogP contribution in [0.4, 0.5) is 0 Å². The van der Waals surface area contributed by atoms with E-state index in [-0.39, 0.29) is 5.75 Å². The Morgan fingerprint density at radius 2 is 0.708 bits per heavy atom. The van der Waals surface area contributed by atoms with Gasteiger partial charge < -0.3 is 69.8 Å². The molecule has 0 unspecified atom stereocenters. The molecule has 0 saturated carbocycles. The minimum atomic E-state index is -1.61. The minimum absolute atomic E-state index is 0.287. The monoisotopic (exact) mass is 970 g/mol. The van der Waals surface area contributed by atoms with Gasteiger partial charge in [0.05, 0.1) is 36.0 Å². The maximum Gasteiger partial charge on any atom is 0.229 e. The number of aliphatic hydroxyl groups is 8. The van der Waals surface area contributed by atoms with Crippen molar-refractivity contribution in [2.45, 2.75) is 61.4 Å². The summed E-state index contributed by atoms with van der Waals surface area (Å²) in [5.74, 6) is 0.581. The van der Waals surface area contributed by atoms with Crippen molar-refractivity contribution in [1.82, 2.24) is 19.9 Å². The van der Waals surface area contributed by atoms with Gasteiger partial charge in [-0.15, -0.1) is 0 Å². The molecular weight excluding hydrogens is 921 g/mol. The zero-order chi connectivity index (χ0) is 49.6. The van der Waals surface area contributed by atoms with E-state index in [1.807, 2.05) is 97.1 Å². The second-order valence-electron chi connectivity index (χ2n) is 17.9. The molecule has 366 valence electrons. The fourth-order valence-electron chi connectivity index (χ4n) is 9.63. The summed E-state index contributed by atoms with van der Waals surface area (Å²) in [6.07, 6.45) is -6.68. The number of fused-ring (bicyclic) bond motifs is 8. The average Bonchev–Trinajstić information content (AvgIpc) is 4.27. The number of hydrogen-bond acceptors (Lipinski definition) is 14. The summed E-state index contributed by atoms with van der Waals surface area (Å²) >= 11 is 0. The van der Waals surface area contributed by atoms with Crippen LogP contribution in [-0.2, 0) is 9.47 Å². The van der Waals surface area contributed by atoms with Crippen molar-refractivity contribution in [1.29, 1.82) is 0 Å². The molecule has 8 bridgehead atoms. The second-order valence-corrected chi connectivity index (χ2v) is 17.9. The molecule has 16 heteroatoms. The van der Waals surface area contributed by atoms with E-state index in [0.29, 0.717) is 34.1 Å². The van der Waals surface area contributed by atoms with E-state index in [9.17, 15) is 40.9 Å². The van der Waals surface area contributed by atoms with E-state index in [0.717, 1.165) is 61.0 Å². The highest BCUT2D eigenvalue weighted by molar-refractivity contribution is 6.00. The lowest BCUT2D eigenvalue weighted by Gasteiger charge is -2.39. The summed E-state index contributed by atoms with van der Waals surface area (Å²) in [6.45, 7) is -1.19. The zero-order valence-electron chi connectivity index (χ0n) is 38.3. The molecule has 0 aliphatic carbocycles. The molecule has 0 spiro atoms. The average molecular weight is 971 g/mol. The van der Waals surface area contributed by atoms with E-state index in [2.05, 4.69) is 46.4 Å². The smallest absolute Gasteiger partial charge is 0.229 e. The summed E-state index contributed by atoms with van der Waals surface area (Å²) in [7, 11) is 0. The van der Waals surface area contributed by atoms with Gasteiger partial charge in [-0.05, 0) is 95.1 Å². The maximum absolute atomic E-state index is 10.7. The van der Waals surface area contributed by atoms with E-state index < -0.39 is 74.6 Å². The molecule has 16 nitrogen and oxygen atoms in total. The van der Waals surface area contributed by atoms with Crippen molar-refractivity contribution >= 4 is 46.4 Å². The first-order valence-corrected chi connectivity index (χ1v) is 23.5. The van der Waals surface area contributed by atoms with Crippen LogP contribution in [0.3, 0.4) is 0 Å². The molecule has 4 aromatic carbocycles. The highest BCUT2D eigenvalue weighted by atomic mass is 16.7. The normalized spacial score (nSPS) is 24.8. The molecule has 10 N–H and O–H groups in total. The van der Waals surface area contributed by atoms with Gasteiger partial charge in [-0.1, -0.05) is 84.9 Å². The van der Waals surface area contributed by atoms with Crippen LogP contribution < -0.4 is 9.47 Å². The van der Waals surface area contributed by atoms with Crippen LogP contribution in [0.1, 0.15) is 22.8 Å².